The first-order valence-corrected chi connectivity index (χ1v) is 12.3. The van der Waals surface area contributed by atoms with E-state index in [-0.39, 0.29) is 20.3 Å². The highest BCUT2D eigenvalue weighted by atomic mass is 16.1. The molecule has 37 heavy (non-hydrogen) atoms. The molecule has 1 N–H and O–H groups in total. The molecule has 0 aliphatic rings. The molecule has 0 radical (unpaired) electrons. The second-order valence-corrected chi connectivity index (χ2v) is 9.00. The molecule has 0 aliphatic carbocycles. The number of Topliss-reactive ketones (excluding diaryl/α,β-unsaturated/α-hetero) is 1. The summed E-state index contributed by atoms with van der Waals surface area (Å²) in [5.74, 6) is -0.314. The van der Waals surface area contributed by atoms with Crippen LogP contribution in [-0.2, 0) is 22.4 Å². The molecular weight excluding hydrogens is 458 g/mol. The van der Waals surface area contributed by atoms with Gasteiger partial charge in [0.05, 0.1) is 0 Å². The van der Waals surface area contributed by atoms with Crippen LogP contribution in [0.25, 0.3) is 6.08 Å². The van der Waals surface area contributed by atoms with Crippen LogP contribution in [0.3, 0.4) is 0 Å². The van der Waals surface area contributed by atoms with Gasteiger partial charge in [-0.15, -0.1) is 0 Å². The average Bonchev–Trinajstić information content (AvgIpc) is 2.93. The van der Waals surface area contributed by atoms with E-state index < -0.39 is 0 Å². The fourth-order valence-corrected chi connectivity index (χ4v) is 4.04. The van der Waals surface area contributed by atoms with Gasteiger partial charge in [-0.1, -0.05) is 96.6 Å². The predicted octanol–water partition coefficient (Wildman–Crippen LogP) is 7.11. The molecule has 4 aromatic carbocycles. The van der Waals surface area contributed by atoms with Crippen LogP contribution >= 0.6 is 0 Å². The van der Waals surface area contributed by atoms with Crippen molar-refractivity contribution in [1.29, 1.82) is 0 Å². The molecular formula is C33H33NO3. The molecule has 0 bridgehead atoms. The Bertz CT molecular complexity index is 1420. The van der Waals surface area contributed by atoms with E-state index in [0.29, 0.717) is 36.1 Å². The summed E-state index contributed by atoms with van der Waals surface area (Å²) in [6.45, 7) is 2.02. The van der Waals surface area contributed by atoms with Gasteiger partial charge in [-0.3, -0.25) is 14.4 Å². The van der Waals surface area contributed by atoms with Gasteiger partial charge in [0.15, 0.2) is 5.78 Å². The van der Waals surface area contributed by atoms with E-state index in [9.17, 15) is 14.4 Å². The summed E-state index contributed by atoms with van der Waals surface area (Å²) in [6.07, 6.45) is 4.34. The Hall–Kier alpha value is -4.57. The zero-order chi connectivity index (χ0) is 26.0. The van der Waals surface area contributed by atoms with Crippen molar-refractivity contribution in [2.75, 3.05) is 5.32 Å². The third-order valence-electron chi connectivity index (χ3n) is 6.08. The number of amides is 1. The number of carbonyl (C=O) groups is 3. The Kier molecular flexibility index (Phi) is 8.56. The second kappa shape index (κ2) is 12.4. The highest BCUT2D eigenvalue weighted by Crippen LogP contribution is 2.22. The van der Waals surface area contributed by atoms with E-state index in [2.05, 4.69) is 5.32 Å². The number of hydrogen-bond donors (Lipinski definition) is 1. The first-order valence-electron chi connectivity index (χ1n) is 12.3. The maximum atomic E-state index is 13.4. The van der Waals surface area contributed by atoms with Crippen molar-refractivity contribution in [1.82, 2.24) is 0 Å². The minimum Gasteiger partial charge on any atom is -0.322 e. The Morgan fingerprint density at radius 3 is 2.19 bits per heavy atom. The van der Waals surface area contributed by atoms with Gasteiger partial charge in [0.25, 0.3) is 0 Å². The van der Waals surface area contributed by atoms with E-state index in [1.54, 1.807) is 30.3 Å². The van der Waals surface area contributed by atoms with Crippen LogP contribution in [0.4, 0.5) is 5.69 Å². The minimum absolute atomic E-state index is 0. The lowest BCUT2D eigenvalue weighted by Gasteiger charge is -2.12. The molecule has 4 aromatic rings. The number of ketones is 2. The van der Waals surface area contributed by atoms with Crippen molar-refractivity contribution in [3.8, 4) is 0 Å². The number of benzene rings is 4. The molecule has 0 saturated heterocycles. The molecule has 0 unspecified atom stereocenters. The predicted molar refractivity (Wildman–Crippen MR) is 153 cm³/mol. The lowest BCUT2D eigenvalue weighted by atomic mass is 9.93. The van der Waals surface area contributed by atoms with Crippen LogP contribution in [0.5, 0.6) is 0 Å². The van der Waals surface area contributed by atoms with Crippen molar-refractivity contribution in [2.24, 2.45) is 0 Å². The third kappa shape index (κ3) is 7.45. The largest absolute Gasteiger partial charge is 0.322 e. The van der Waals surface area contributed by atoms with Crippen LogP contribution < -0.4 is 5.32 Å². The number of aryl methyl sites for hydroxylation is 2. The van der Waals surface area contributed by atoms with E-state index in [0.717, 1.165) is 22.3 Å². The van der Waals surface area contributed by atoms with Crippen molar-refractivity contribution >= 4 is 29.2 Å². The molecule has 0 heterocycles. The highest BCUT2D eigenvalue weighted by Gasteiger charge is 2.16. The Morgan fingerprint density at radius 1 is 0.811 bits per heavy atom. The maximum absolute atomic E-state index is 13.4. The molecule has 1 amide bonds. The number of nitrogens with one attached hydrogen (secondary N) is 1. The summed E-state index contributed by atoms with van der Waals surface area (Å²) < 4.78 is 0. The van der Waals surface area contributed by atoms with Crippen LogP contribution in [0.1, 0.15) is 47.4 Å². The van der Waals surface area contributed by atoms with Crippen molar-refractivity contribution in [3.05, 3.63) is 143 Å². The molecule has 0 fully saturated rings. The van der Waals surface area contributed by atoms with Gasteiger partial charge >= 0.3 is 0 Å². The number of carbonyl (C=O) groups excluding carboxylic acids is 3. The second-order valence-electron chi connectivity index (χ2n) is 9.00. The fraction of sp³-hybridized carbons (Fsp3) is 0.121. The quantitative estimate of drug-likeness (QED) is 0.190. The maximum Gasteiger partial charge on any atom is 0.248 e. The standard InChI is InChI=1S/C33H29NO3.2H2/c1-24-12-14-26(15-13-24)22-30(35)20-18-27-17-19-29(23-31(27)33(37)28-10-6-3-7-11-28)34-32(36)21-16-25-8-4-2-5-9-25;;/h2-17,19,21,23H,18,20,22H2,1H3,(H,34,36);2*1H/b21-16+;;. The van der Waals surface area contributed by atoms with E-state index in [1.807, 2.05) is 85.8 Å². The van der Waals surface area contributed by atoms with Crippen LogP contribution in [0.2, 0.25) is 0 Å². The monoisotopic (exact) mass is 491 g/mol. The lowest BCUT2D eigenvalue weighted by molar-refractivity contribution is -0.118. The zero-order valence-corrected chi connectivity index (χ0v) is 20.8. The smallest absolute Gasteiger partial charge is 0.248 e. The molecule has 0 spiro atoms. The van der Waals surface area contributed by atoms with E-state index in [1.165, 1.54) is 6.08 Å². The van der Waals surface area contributed by atoms with Gasteiger partial charge in [-0.2, -0.15) is 0 Å². The molecule has 4 nitrogen and oxygen atoms in total. The van der Waals surface area contributed by atoms with Gasteiger partial charge in [-0.05, 0) is 48.2 Å². The summed E-state index contributed by atoms with van der Waals surface area (Å²) in [5.41, 5.74) is 5.41. The highest BCUT2D eigenvalue weighted by molar-refractivity contribution is 6.11. The average molecular weight is 492 g/mol. The van der Waals surface area contributed by atoms with Crippen LogP contribution in [-0.4, -0.2) is 17.5 Å². The fourth-order valence-electron chi connectivity index (χ4n) is 4.04. The van der Waals surface area contributed by atoms with Gasteiger partial charge in [0, 0.05) is 38.6 Å². The molecule has 0 aromatic heterocycles. The normalized spacial score (nSPS) is 10.8. The minimum atomic E-state index is -0.289. The van der Waals surface area contributed by atoms with Gasteiger partial charge in [0.2, 0.25) is 5.91 Å². The topological polar surface area (TPSA) is 63.2 Å². The summed E-state index contributed by atoms with van der Waals surface area (Å²) in [6, 6.07) is 31.8. The van der Waals surface area contributed by atoms with Gasteiger partial charge < -0.3 is 5.32 Å². The van der Waals surface area contributed by atoms with Crippen molar-refractivity contribution < 1.29 is 17.2 Å². The first kappa shape index (κ1) is 25.5. The summed E-state index contributed by atoms with van der Waals surface area (Å²) in [5, 5.41) is 2.84. The van der Waals surface area contributed by atoms with Gasteiger partial charge in [0.1, 0.15) is 5.78 Å². The van der Waals surface area contributed by atoms with Crippen molar-refractivity contribution in [3.63, 3.8) is 0 Å². The zero-order valence-electron chi connectivity index (χ0n) is 20.8. The van der Waals surface area contributed by atoms with E-state index >= 15 is 0 Å². The number of hydrogen-bond acceptors (Lipinski definition) is 3. The number of rotatable bonds is 10. The lowest BCUT2D eigenvalue weighted by Crippen LogP contribution is -2.12. The van der Waals surface area contributed by atoms with Gasteiger partial charge in [-0.25, -0.2) is 0 Å². The molecule has 4 heteroatoms. The van der Waals surface area contributed by atoms with Crippen LogP contribution in [0.15, 0.2) is 109 Å². The first-order chi connectivity index (χ1) is 18.0. The summed E-state index contributed by atoms with van der Waals surface area (Å²) >= 11 is 0. The molecule has 0 aliphatic heterocycles. The third-order valence-corrected chi connectivity index (χ3v) is 6.08. The van der Waals surface area contributed by atoms with Crippen molar-refractivity contribution in [2.45, 2.75) is 26.2 Å². The Morgan fingerprint density at radius 2 is 1.49 bits per heavy atom. The SMILES string of the molecule is Cc1ccc(CC(=O)CCc2ccc(NC(=O)/C=C/c3ccccc3)cc2C(=O)c2ccccc2)cc1.[HH].[HH]. The van der Waals surface area contributed by atoms with E-state index in [4.69, 9.17) is 0 Å². The molecule has 0 atom stereocenters. The Balaban J connectivity index is 0.00000267. The summed E-state index contributed by atoms with van der Waals surface area (Å²) in [4.78, 5) is 38.5. The molecule has 4 rings (SSSR count). The Labute approximate surface area is 220 Å². The summed E-state index contributed by atoms with van der Waals surface area (Å²) in [7, 11) is 0. The number of anilines is 1. The molecule has 0 saturated carbocycles. The van der Waals surface area contributed by atoms with Crippen LogP contribution in [0, 0.1) is 6.92 Å². The molecule has 188 valence electrons.